The predicted octanol–water partition coefficient (Wildman–Crippen LogP) is 4.06. The molecule has 0 spiro atoms. The molecule has 0 aliphatic heterocycles. The molecule has 0 fully saturated rings. The van der Waals surface area contributed by atoms with Crippen molar-refractivity contribution >= 4 is 11.7 Å². The molecule has 0 aliphatic carbocycles. The standard InChI is InChI=1S/C17H19FN2O2/c1-12(13-7-9-14(18)10-8-13)20(2)17(21)19-15-5-4-6-16(11-15)22-3/h4-12H,1-3H3,(H,19,21). The molecule has 2 aromatic carbocycles. The van der Waals surface area contributed by atoms with Gasteiger partial charge in [0.15, 0.2) is 0 Å². The largest absolute Gasteiger partial charge is 0.497 e. The first-order chi connectivity index (χ1) is 10.5. The molecular formula is C17H19FN2O2. The van der Waals surface area contributed by atoms with E-state index in [1.54, 1.807) is 55.5 Å². The van der Waals surface area contributed by atoms with Gasteiger partial charge < -0.3 is 15.0 Å². The highest BCUT2D eigenvalue weighted by atomic mass is 19.1. The van der Waals surface area contributed by atoms with E-state index in [4.69, 9.17) is 4.74 Å². The fourth-order valence-corrected chi connectivity index (χ4v) is 2.05. The molecule has 0 saturated heterocycles. The van der Waals surface area contributed by atoms with E-state index in [1.165, 1.54) is 12.1 Å². The van der Waals surface area contributed by atoms with Crippen molar-refractivity contribution in [1.29, 1.82) is 0 Å². The number of carbonyl (C=O) groups excluding carboxylic acids is 1. The molecule has 1 atom stereocenters. The summed E-state index contributed by atoms with van der Waals surface area (Å²) < 4.78 is 18.1. The second-order valence-electron chi connectivity index (χ2n) is 5.00. The fraction of sp³-hybridized carbons (Fsp3) is 0.235. The van der Waals surface area contributed by atoms with Crippen LogP contribution in [0.4, 0.5) is 14.9 Å². The summed E-state index contributed by atoms with van der Waals surface area (Å²) in [6.07, 6.45) is 0. The number of rotatable bonds is 4. The number of methoxy groups -OCH3 is 1. The van der Waals surface area contributed by atoms with Crippen molar-refractivity contribution in [2.75, 3.05) is 19.5 Å². The van der Waals surface area contributed by atoms with Crippen LogP contribution < -0.4 is 10.1 Å². The van der Waals surface area contributed by atoms with Crippen molar-refractivity contribution < 1.29 is 13.9 Å². The summed E-state index contributed by atoms with van der Waals surface area (Å²) in [4.78, 5) is 13.9. The van der Waals surface area contributed by atoms with Crippen LogP contribution in [-0.4, -0.2) is 25.1 Å². The summed E-state index contributed by atoms with van der Waals surface area (Å²) in [6, 6.07) is 12.9. The lowest BCUT2D eigenvalue weighted by Gasteiger charge is -2.25. The number of benzene rings is 2. The minimum Gasteiger partial charge on any atom is -0.497 e. The third kappa shape index (κ3) is 3.75. The van der Waals surface area contributed by atoms with Crippen LogP contribution in [-0.2, 0) is 0 Å². The molecule has 2 amide bonds. The molecule has 1 N–H and O–H groups in total. The van der Waals surface area contributed by atoms with Gasteiger partial charge in [0.05, 0.1) is 13.2 Å². The SMILES string of the molecule is COc1cccc(NC(=O)N(C)C(C)c2ccc(F)cc2)c1. The highest BCUT2D eigenvalue weighted by Crippen LogP contribution is 2.21. The molecule has 5 heteroatoms. The average molecular weight is 302 g/mol. The van der Waals surface area contributed by atoms with Crippen LogP contribution in [0.15, 0.2) is 48.5 Å². The summed E-state index contributed by atoms with van der Waals surface area (Å²) in [5, 5.41) is 2.81. The molecule has 0 aromatic heterocycles. The normalized spacial score (nSPS) is 11.6. The Labute approximate surface area is 129 Å². The van der Waals surface area contributed by atoms with Crippen LogP contribution >= 0.6 is 0 Å². The predicted molar refractivity (Wildman–Crippen MR) is 84.6 cm³/mol. The Hall–Kier alpha value is -2.56. The van der Waals surface area contributed by atoms with Crippen molar-refractivity contribution in [3.63, 3.8) is 0 Å². The van der Waals surface area contributed by atoms with Gasteiger partial charge >= 0.3 is 6.03 Å². The van der Waals surface area contributed by atoms with E-state index in [0.717, 1.165) is 5.56 Å². The maximum atomic E-state index is 13.0. The van der Waals surface area contributed by atoms with E-state index >= 15 is 0 Å². The lowest BCUT2D eigenvalue weighted by molar-refractivity contribution is 0.208. The first-order valence-electron chi connectivity index (χ1n) is 6.94. The molecule has 0 radical (unpaired) electrons. The number of anilines is 1. The summed E-state index contributed by atoms with van der Waals surface area (Å²) in [5.74, 6) is 0.381. The molecule has 2 rings (SSSR count). The van der Waals surface area contributed by atoms with E-state index < -0.39 is 0 Å². The van der Waals surface area contributed by atoms with Gasteiger partial charge in [0, 0.05) is 18.8 Å². The number of nitrogens with one attached hydrogen (secondary N) is 1. The molecule has 0 bridgehead atoms. The van der Waals surface area contributed by atoms with Gasteiger partial charge in [0.2, 0.25) is 0 Å². The van der Waals surface area contributed by atoms with Gasteiger partial charge in [-0.3, -0.25) is 0 Å². The van der Waals surface area contributed by atoms with Crippen LogP contribution in [0.3, 0.4) is 0 Å². The zero-order valence-electron chi connectivity index (χ0n) is 12.8. The molecule has 116 valence electrons. The van der Waals surface area contributed by atoms with Crippen molar-refractivity contribution in [3.05, 3.63) is 59.9 Å². The lowest BCUT2D eigenvalue weighted by atomic mass is 10.1. The van der Waals surface area contributed by atoms with E-state index in [1.807, 2.05) is 6.92 Å². The minimum absolute atomic E-state index is 0.175. The number of carbonyl (C=O) groups is 1. The topological polar surface area (TPSA) is 41.6 Å². The maximum Gasteiger partial charge on any atom is 0.322 e. The van der Waals surface area contributed by atoms with E-state index in [-0.39, 0.29) is 17.9 Å². The Morgan fingerprint density at radius 3 is 2.55 bits per heavy atom. The summed E-state index contributed by atoms with van der Waals surface area (Å²) in [5.41, 5.74) is 1.52. The van der Waals surface area contributed by atoms with Crippen molar-refractivity contribution in [1.82, 2.24) is 4.90 Å². The van der Waals surface area contributed by atoms with E-state index in [2.05, 4.69) is 5.32 Å². The Morgan fingerprint density at radius 1 is 1.23 bits per heavy atom. The fourth-order valence-electron chi connectivity index (χ4n) is 2.05. The summed E-state index contributed by atoms with van der Waals surface area (Å²) in [7, 11) is 3.27. The first-order valence-corrected chi connectivity index (χ1v) is 6.94. The number of hydrogen-bond acceptors (Lipinski definition) is 2. The van der Waals surface area contributed by atoms with Gasteiger partial charge in [-0.1, -0.05) is 18.2 Å². The molecule has 0 heterocycles. The Kier molecular flexibility index (Phi) is 4.99. The van der Waals surface area contributed by atoms with Gasteiger partial charge in [-0.2, -0.15) is 0 Å². The van der Waals surface area contributed by atoms with E-state index in [9.17, 15) is 9.18 Å². The van der Waals surface area contributed by atoms with Crippen molar-refractivity contribution in [2.45, 2.75) is 13.0 Å². The number of urea groups is 1. The van der Waals surface area contributed by atoms with Gasteiger partial charge in [-0.15, -0.1) is 0 Å². The van der Waals surface area contributed by atoms with Crippen LogP contribution in [0, 0.1) is 5.82 Å². The minimum atomic E-state index is -0.292. The quantitative estimate of drug-likeness (QED) is 0.925. The number of amides is 2. The van der Waals surface area contributed by atoms with Crippen molar-refractivity contribution in [2.24, 2.45) is 0 Å². The number of hydrogen-bond donors (Lipinski definition) is 1. The van der Waals surface area contributed by atoms with Crippen LogP contribution in [0.2, 0.25) is 0 Å². The Balaban J connectivity index is 2.06. The highest BCUT2D eigenvalue weighted by Gasteiger charge is 2.17. The highest BCUT2D eigenvalue weighted by molar-refractivity contribution is 5.89. The molecule has 1 unspecified atom stereocenters. The zero-order valence-corrected chi connectivity index (χ0v) is 12.8. The monoisotopic (exact) mass is 302 g/mol. The molecule has 22 heavy (non-hydrogen) atoms. The maximum absolute atomic E-state index is 13.0. The molecule has 0 aliphatic rings. The number of halogens is 1. The van der Waals surface area contributed by atoms with Gasteiger partial charge in [0.25, 0.3) is 0 Å². The Bertz CT molecular complexity index is 643. The summed E-state index contributed by atoms with van der Waals surface area (Å²) >= 11 is 0. The second kappa shape index (κ2) is 6.93. The smallest absolute Gasteiger partial charge is 0.322 e. The first kappa shape index (κ1) is 15.8. The van der Waals surface area contributed by atoms with Gasteiger partial charge in [0.1, 0.15) is 11.6 Å². The number of nitrogens with zero attached hydrogens (tertiary/aromatic N) is 1. The van der Waals surface area contributed by atoms with Gasteiger partial charge in [-0.25, -0.2) is 9.18 Å². The molecule has 0 saturated carbocycles. The van der Waals surface area contributed by atoms with Crippen molar-refractivity contribution in [3.8, 4) is 5.75 Å². The Morgan fingerprint density at radius 2 is 1.91 bits per heavy atom. The number of ether oxygens (including phenoxy) is 1. The average Bonchev–Trinajstić information content (AvgIpc) is 2.54. The van der Waals surface area contributed by atoms with Crippen LogP contribution in [0.1, 0.15) is 18.5 Å². The van der Waals surface area contributed by atoms with Crippen LogP contribution in [0.5, 0.6) is 5.75 Å². The molecular weight excluding hydrogens is 283 g/mol. The third-order valence-corrected chi connectivity index (χ3v) is 3.57. The van der Waals surface area contributed by atoms with Gasteiger partial charge in [-0.05, 0) is 36.8 Å². The zero-order chi connectivity index (χ0) is 16.1. The third-order valence-electron chi connectivity index (χ3n) is 3.57. The second-order valence-corrected chi connectivity index (χ2v) is 5.00. The van der Waals surface area contributed by atoms with E-state index in [0.29, 0.717) is 11.4 Å². The lowest BCUT2D eigenvalue weighted by Crippen LogP contribution is -2.33. The molecule has 2 aromatic rings. The van der Waals surface area contributed by atoms with Crippen LogP contribution in [0.25, 0.3) is 0 Å². The summed E-state index contributed by atoms with van der Waals surface area (Å²) in [6.45, 7) is 1.89. The molecule has 4 nitrogen and oxygen atoms in total.